The fourth-order valence-corrected chi connectivity index (χ4v) is 3.87. The number of aliphatic hydroxyl groups is 1. The number of thiophene rings is 1. The molecule has 1 aliphatic rings. The van der Waals surface area contributed by atoms with Crippen molar-refractivity contribution < 1.29 is 23.4 Å². The first-order chi connectivity index (χ1) is 12.0. The van der Waals surface area contributed by atoms with Crippen LogP contribution in [0.3, 0.4) is 0 Å². The van der Waals surface area contributed by atoms with Crippen LogP contribution in [-0.2, 0) is 0 Å². The van der Waals surface area contributed by atoms with Crippen molar-refractivity contribution in [2.24, 2.45) is 5.92 Å². The number of urea groups is 1. The van der Waals surface area contributed by atoms with Crippen molar-refractivity contribution >= 4 is 23.1 Å². The molecule has 25 heavy (non-hydrogen) atoms. The second-order valence-electron chi connectivity index (χ2n) is 5.91. The van der Waals surface area contributed by atoms with Gasteiger partial charge in [0.2, 0.25) is 0 Å². The van der Waals surface area contributed by atoms with Crippen molar-refractivity contribution in [2.75, 3.05) is 32.1 Å². The van der Waals surface area contributed by atoms with Crippen LogP contribution in [0.2, 0.25) is 0 Å². The van der Waals surface area contributed by atoms with Gasteiger partial charge < -0.3 is 20.1 Å². The van der Waals surface area contributed by atoms with E-state index in [0.29, 0.717) is 19.2 Å². The Kier molecular flexibility index (Phi) is 5.19. The highest BCUT2D eigenvalue weighted by atomic mass is 32.1. The van der Waals surface area contributed by atoms with Gasteiger partial charge in [0.1, 0.15) is 5.82 Å². The van der Waals surface area contributed by atoms with E-state index >= 15 is 0 Å². The molecule has 2 amide bonds. The molecular formula is C17H18F2N2O3S. The second kappa shape index (κ2) is 7.37. The molecule has 1 aromatic carbocycles. The van der Waals surface area contributed by atoms with Crippen molar-refractivity contribution in [2.45, 2.75) is 5.92 Å². The molecule has 1 aliphatic heterocycles. The molecule has 0 aliphatic carbocycles. The number of carbonyl (C=O) groups excluding carboxylic acids is 1. The lowest BCUT2D eigenvalue weighted by Crippen LogP contribution is -2.33. The SMILES string of the molecule is COc1c(F)cc(F)cc1NC(=O)N1C[C@@H](CO)[C@H](c2ccsc2)C1. The number of nitrogens with one attached hydrogen (secondary N) is 1. The average molecular weight is 368 g/mol. The lowest BCUT2D eigenvalue weighted by molar-refractivity contribution is 0.206. The number of carbonyl (C=O) groups is 1. The number of hydrogen-bond acceptors (Lipinski definition) is 4. The van der Waals surface area contributed by atoms with Gasteiger partial charge in [0.25, 0.3) is 0 Å². The number of nitrogens with zero attached hydrogens (tertiary/aromatic N) is 1. The van der Waals surface area contributed by atoms with Gasteiger partial charge in [-0.15, -0.1) is 0 Å². The third-order valence-corrected chi connectivity index (χ3v) is 5.09. The lowest BCUT2D eigenvalue weighted by Gasteiger charge is -2.18. The van der Waals surface area contributed by atoms with Crippen molar-refractivity contribution in [3.05, 3.63) is 46.2 Å². The van der Waals surface area contributed by atoms with Gasteiger partial charge in [-0.05, 0) is 22.4 Å². The van der Waals surface area contributed by atoms with E-state index in [9.17, 15) is 18.7 Å². The molecule has 2 aromatic rings. The zero-order valence-electron chi connectivity index (χ0n) is 13.5. The molecule has 134 valence electrons. The molecule has 0 spiro atoms. The molecule has 2 heterocycles. The zero-order chi connectivity index (χ0) is 18.0. The molecule has 1 aromatic heterocycles. The van der Waals surface area contributed by atoms with E-state index in [2.05, 4.69) is 5.32 Å². The summed E-state index contributed by atoms with van der Waals surface area (Å²) in [6, 6.07) is 3.19. The van der Waals surface area contributed by atoms with Crippen LogP contribution in [0.25, 0.3) is 0 Å². The van der Waals surface area contributed by atoms with Gasteiger partial charge in [0.05, 0.1) is 12.8 Å². The molecule has 2 N–H and O–H groups in total. The van der Waals surface area contributed by atoms with Crippen molar-refractivity contribution in [3.63, 3.8) is 0 Å². The number of halogens is 2. The van der Waals surface area contributed by atoms with E-state index in [1.807, 2.05) is 16.8 Å². The summed E-state index contributed by atoms with van der Waals surface area (Å²) in [5.41, 5.74) is 1.01. The summed E-state index contributed by atoms with van der Waals surface area (Å²) in [4.78, 5) is 14.1. The second-order valence-corrected chi connectivity index (χ2v) is 6.69. The van der Waals surface area contributed by atoms with E-state index in [-0.39, 0.29) is 29.9 Å². The minimum atomic E-state index is -0.886. The van der Waals surface area contributed by atoms with Crippen molar-refractivity contribution in [3.8, 4) is 5.75 Å². The molecule has 0 unspecified atom stereocenters. The number of rotatable bonds is 4. The summed E-state index contributed by atoms with van der Waals surface area (Å²) in [5, 5.41) is 16.1. The summed E-state index contributed by atoms with van der Waals surface area (Å²) < 4.78 is 32.1. The number of hydrogen-bond donors (Lipinski definition) is 2. The maximum atomic E-state index is 13.7. The van der Waals surface area contributed by atoms with Crippen LogP contribution in [0, 0.1) is 17.6 Å². The third-order valence-electron chi connectivity index (χ3n) is 4.39. The highest BCUT2D eigenvalue weighted by Gasteiger charge is 2.36. The van der Waals surface area contributed by atoms with Gasteiger partial charge in [-0.3, -0.25) is 0 Å². The Morgan fingerprint density at radius 1 is 1.44 bits per heavy atom. The Balaban J connectivity index is 1.76. The Bertz CT molecular complexity index is 755. The van der Waals surface area contributed by atoms with E-state index in [1.165, 1.54) is 12.0 Å². The Hall–Kier alpha value is -2.19. The van der Waals surface area contributed by atoms with Gasteiger partial charge in [0, 0.05) is 43.7 Å². The number of ether oxygens (including phenoxy) is 1. The molecule has 8 heteroatoms. The summed E-state index contributed by atoms with van der Waals surface area (Å²) in [7, 11) is 1.25. The summed E-state index contributed by atoms with van der Waals surface area (Å²) in [6.45, 7) is 0.749. The van der Waals surface area contributed by atoms with Crippen molar-refractivity contribution in [1.29, 1.82) is 0 Å². The predicted molar refractivity (Wildman–Crippen MR) is 91.1 cm³/mol. The average Bonchev–Trinajstić information content (AvgIpc) is 3.23. The lowest BCUT2D eigenvalue weighted by atomic mass is 9.92. The molecule has 3 rings (SSSR count). The molecular weight excluding hydrogens is 350 g/mol. The number of benzene rings is 1. The maximum Gasteiger partial charge on any atom is 0.321 e. The van der Waals surface area contributed by atoms with Gasteiger partial charge in [-0.2, -0.15) is 11.3 Å². The Morgan fingerprint density at radius 3 is 2.88 bits per heavy atom. The maximum absolute atomic E-state index is 13.7. The number of aliphatic hydroxyl groups excluding tert-OH is 1. The normalized spacial score (nSPS) is 19.9. The highest BCUT2D eigenvalue weighted by Crippen LogP contribution is 2.35. The fraction of sp³-hybridized carbons (Fsp3) is 0.353. The molecule has 1 saturated heterocycles. The Labute approximate surface area is 147 Å². The molecule has 2 atom stereocenters. The topological polar surface area (TPSA) is 61.8 Å². The summed E-state index contributed by atoms with van der Waals surface area (Å²) in [5.74, 6) is -1.95. The smallest absolute Gasteiger partial charge is 0.321 e. The van der Waals surface area contributed by atoms with Gasteiger partial charge in [-0.25, -0.2) is 13.6 Å². The van der Waals surface area contributed by atoms with Gasteiger partial charge in [-0.1, -0.05) is 0 Å². The van der Waals surface area contributed by atoms with Crippen LogP contribution >= 0.6 is 11.3 Å². The first-order valence-electron chi connectivity index (χ1n) is 7.75. The van der Waals surface area contributed by atoms with E-state index < -0.39 is 17.7 Å². The largest absolute Gasteiger partial charge is 0.492 e. The quantitative estimate of drug-likeness (QED) is 0.871. The number of amides is 2. The van der Waals surface area contributed by atoms with E-state index in [4.69, 9.17) is 4.74 Å². The fourth-order valence-electron chi connectivity index (χ4n) is 3.14. The van der Waals surface area contributed by atoms with Gasteiger partial charge in [0.15, 0.2) is 11.6 Å². The molecule has 5 nitrogen and oxygen atoms in total. The third kappa shape index (κ3) is 3.59. The van der Waals surface area contributed by atoms with Crippen LogP contribution in [0.15, 0.2) is 29.0 Å². The first-order valence-corrected chi connectivity index (χ1v) is 8.69. The number of anilines is 1. The van der Waals surface area contributed by atoms with Crippen LogP contribution in [0.4, 0.5) is 19.3 Å². The van der Waals surface area contributed by atoms with Crippen LogP contribution in [0.1, 0.15) is 11.5 Å². The van der Waals surface area contributed by atoms with Crippen LogP contribution in [-0.4, -0.2) is 42.8 Å². The van der Waals surface area contributed by atoms with Crippen molar-refractivity contribution in [1.82, 2.24) is 4.90 Å². The number of likely N-dealkylation sites (tertiary alicyclic amines) is 1. The Morgan fingerprint density at radius 2 is 2.24 bits per heavy atom. The van der Waals surface area contributed by atoms with Gasteiger partial charge >= 0.3 is 6.03 Å². The summed E-state index contributed by atoms with van der Waals surface area (Å²) in [6.07, 6.45) is 0. The zero-order valence-corrected chi connectivity index (χ0v) is 14.4. The van der Waals surface area contributed by atoms with E-state index in [0.717, 1.165) is 11.6 Å². The monoisotopic (exact) mass is 368 g/mol. The highest BCUT2D eigenvalue weighted by molar-refractivity contribution is 7.08. The molecule has 0 radical (unpaired) electrons. The van der Waals surface area contributed by atoms with Crippen LogP contribution < -0.4 is 10.1 Å². The van der Waals surface area contributed by atoms with E-state index in [1.54, 1.807) is 11.3 Å². The molecule has 0 saturated carbocycles. The predicted octanol–water partition coefficient (Wildman–Crippen LogP) is 3.27. The van der Waals surface area contributed by atoms with Crippen LogP contribution in [0.5, 0.6) is 5.75 Å². The standard InChI is InChI=1S/C17H18F2N2O3S/c1-24-16-14(19)4-12(18)5-15(16)20-17(23)21-6-11(8-22)13(7-21)10-2-3-25-9-10/h2-5,9,11,13,22H,6-8H2,1H3,(H,20,23)/t11-,13-/m0/s1. The molecule has 1 fully saturated rings. The minimum Gasteiger partial charge on any atom is -0.492 e. The first kappa shape index (κ1) is 17.6. The number of methoxy groups -OCH3 is 1. The minimum absolute atomic E-state index is 0.0353. The summed E-state index contributed by atoms with van der Waals surface area (Å²) >= 11 is 1.56. The molecule has 0 bridgehead atoms.